The molecule has 0 amide bonds. The molecule has 0 saturated heterocycles. The van der Waals surface area contributed by atoms with Crippen molar-refractivity contribution < 1.29 is 22.3 Å². The van der Waals surface area contributed by atoms with Crippen LogP contribution < -0.4 is 4.74 Å². The van der Waals surface area contributed by atoms with Crippen LogP contribution >= 0.6 is 0 Å². The van der Waals surface area contributed by atoms with Crippen molar-refractivity contribution >= 4 is 0 Å². The van der Waals surface area contributed by atoms with E-state index in [9.17, 15) is 8.78 Å². The highest BCUT2D eigenvalue weighted by Crippen LogP contribution is 2.45. The van der Waals surface area contributed by atoms with Gasteiger partial charge in [0.2, 0.25) is 5.82 Å². The highest BCUT2D eigenvalue weighted by atomic mass is 19.2. The van der Waals surface area contributed by atoms with E-state index in [1.54, 1.807) is 36.4 Å². The van der Waals surface area contributed by atoms with Crippen molar-refractivity contribution in [3.8, 4) is 28.0 Å². The van der Waals surface area contributed by atoms with E-state index < -0.39 is 23.3 Å². The van der Waals surface area contributed by atoms with Gasteiger partial charge in [0.15, 0.2) is 23.2 Å². The lowest BCUT2D eigenvalue weighted by molar-refractivity contribution is 0.164. The molecule has 41 heavy (non-hydrogen) atoms. The third kappa shape index (κ3) is 6.55. The van der Waals surface area contributed by atoms with Crippen molar-refractivity contribution in [2.45, 2.75) is 77.6 Å². The standard InChI is InChI=1S/C36H40F4O/c1-3-4-5-22-41-32-21-20-31(35(39)36(32)40)28-16-14-27(15-17-28)30-19-18-29(33(37)34(30)38)26-12-10-25(11-13-26)24-8-6-23(2)7-9-24/h3-4,14-21,23-26H,5-13,22H2,1-2H3/b4-3-. The molecule has 0 aliphatic heterocycles. The Bertz CT molecular complexity index is 1350. The van der Waals surface area contributed by atoms with Gasteiger partial charge in [0.1, 0.15) is 0 Å². The lowest BCUT2D eigenvalue weighted by atomic mass is 9.68. The fourth-order valence-corrected chi connectivity index (χ4v) is 6.86. The maximum absolute atomic E-state index is 15.4. The molecule has 2 aliphatic carbocycles. The molecule has 0 unspecified atom stereocenters. The van der Waals surface area contributed by atoms with Crippen molar-refractivity contribution in [2.24, 2.45) is 17.8 Å². The molecule has 0 aromatic heterocycles. The number of halogens is 4. The molecule has 2 fully saturated rings. The van der Waals surface area contributed by atoms with E-state index in [2.05, 4.69) is 6.92 Å². The molecular weight excluding hydrogens is 524 g/mol. The second kappa shape index (κ2) is 13.3. The van der Waals surface area contributed by atoms with Crippen molar-refractivity contribution in [3.63, 3.8) is 0 Å². The van der Waals surface area contributed by atoms with Crippen LogP contribution in [-0.4, -0.2) is 6.61 Å². The van der Waals surface area contributed by atoms with Gasteiger partial charge in [-0.15, -0.1) is 0 Å². The molecule has 5 rings (SSSR count). The Morgan fingerprint density at radius 2 is 1.20 bits per heavy atom. The van der Waals surface area contributed by atoms with Crippen LogP contribution in [0.15, 0.2) is 60.7 Å². The second-order valence-electron chi connectivity index (χ2n) is 12.0. The van der Waals surface area contributed by atoms with E-state index in [1.165, 1.54) is 37.8 Å². The average Bonchev–Trinajstić information content (AvgIpc) is 2.99. The molecule has 0 N–H and O–H groups in total. The van der Waals surface area contributed by atoms with Crippen molar-refractivity contribution in [1.82, 2.24) is 0 Å². The van der Waals surface area contributed by atoms with Gasteiger partial charge >= 0.3 is 0 Å². The zero-order chi connectivity index (χ0) is 28.9. The average molecular weight is 565 g/mol. The van der Waals surface area contributed by atoms with Gasteiger partial charge in [0, 0.05) is 11.1 Å². The van der Waals surface area contributed by atoms with E-state index in [0.717, 1.165) is 43.4 Å². The van der Waals surface area contributed by atoms with Crippen molar-refractivity contribution in [2.75, 3.05) is 6.61 Å². The Hall–Kier alpha value is -3.08. The highest BCUT2D eigenvalue weighted by molar-refractivity contribution is 5.72. The summed E-state index contributed by atoms with van der Waals surface area (Å²) >= 11 is 0. The van der Waals surface area contributed by atoms with Gasteiger partial charge in [-0.25, -0.2) is 13.2 Å². The molecular formula is C36H40F4O. The zero-order valence-corrected chi connectivity index (χ0v) is 24.1. The van der Waals surface area contributed by atoms with Gasteiger partial charge in [-0.2, -0.15) is 4.39 Å². The number of rotatable bonds is 8. The van der Waals surface area contributed by atoms with E-state index in [0.29, 0.717) is 23.1 Å². The first-order chi connectivity index (χ1) is 19.9. The molecule has 2 saturated carbocycles. The summed E-state index contributed by atoms with van der Waals surface area (Å²) < 4.78 is 65.5. The van der Waals surface area contributed by atoms with Gasteiger partial charge in [-0.1, -0.05) is 68.3 Å². The molecule has 218 valence electrons. The first kappa shape index (κ1) is 29.4. The molecule has 1 nitrogen and oxygen atoms in total. The predicted molar refractivity (Wildman–Crippen MR) is 158 cm³/mol. The molecule has 0 heterocycles. The van der Waals surface area contributed by atoms with Crippen molar-refractivity contribution in [3.05, 3.63) is 89.5 Å². The summed E-state index contributed by atoms with van der Waals surface area (Å²) in [5.41, 5.74) is 1.64. The Labute approximate surface area is 241 Å². The van der Waals surface area contributed by atoms with Crippen LogP contribution in [-0.2, 0) is 0 Å². The molecule has 3 aromatic rings. The number of benzene rings is 3. The summed E-state index contributed by atoms with van der Waals surface area (Å²) in [6, 6.07) is 12.7. The molecule has 0 spiro atoms. The largest absolute Gasteiger partial charge is 0.490 e. The second-order valence-corrected chi connectivity index (χ2v) is 12.0. The smallest absolute Gasteiger partial charge is 0.201 e. The zero-order valence-electron chi connectivity index (χ0n) is 24.1. The number of allylic oxidation sites excluding steroid dienone is 1. The van der Waals surface area contributed by atoms with Crippen molar-refractivity contribution in [1.29, 1.82) is 0 Å². The SMILES string of the molecule is C/C=C\CCOc1ccc(-c2ccc(-c3ccc(C4CCC(C5CCC(C)CC5)CC4)c(F)c3F)cc2)c(F)c1F. The number of ether oxygens (including phenoxy) is 1. The van der Waals surface area contributed by atoms with Crippen LogP contribution in [0.4, 0.5) is 17.6 Å². The van der Waals surface area contributed by atoms with Gasteiger partial charge < -0.3 is 4.74 Å². The Balaban J connectivity index is 1.26. The van der Waals surface area contributed by atoms with Gasteiger partial charge in [0.25, 0.3) is 0 Å². The molecule has 5 heteroatoms. The Kier molecular flexibility index (Phi) is 9.52. The van der Waals surface area contributed by atoms with Gasteiger partial charge in [-0.05, 0) is 104 Å². The Morgan fingerprint density at radius 3 is 1.78 bits per heavy atom. The van der Waals surface area contributed by atoms with Crippen LogP contribution in [0.3, 0.4) is 0 Å². The minimum Gasteiger partial charge on any atom is -0.490 e. The first-order valence-corrected chi connectivity index (χ1v) is 15.2. The summed E-state index contributed by atoms with van der Waals surface area (Å²) in [5, 5.41) is 0. The van der Waals surface area contributed by atoms with E-state index >= 15 is 8.78 Å². The molecule has 0 atom stereocenters. The third-order valence-corrected chi connectivity index (χ3v) is 9.38. The van der Waals surface area contributed by atoms with E-state index in [4.69, 9.17) is 4.74 Å². The summed E-state index contributed by atoms with van der Waals surface area (Å²) in [6.07, 6.45) is 13.6. The lowest BCUT2D eigenvalue weighted by Gasteiger charge is -2.37. The highest BCUT2D eigenvalue weighted by Gasteiger charge is 2.32. The van der Waals surface area contributed by atoms with Crippen LogP contribution in [0, 0.1) is 41.0 Å². The maximum atomic E-state index is 15.4. The van der Waals surface area contributed by atoms with Crippen LogP contribution in [0.1, 0.15) is 83.1 Å². The lowest BCUT2D eigenvalue weighted by Crippen LogP contribution is -2.25. The maximum Gasteiger partial charge on any atom is 0.201 e. The summed E-state index contributed by atoms with van der Waals surface area (Å²) in [5.74, 6) is -1.40. The molecule has 0 radical (unpaired) electrons. The molecule has 3 aromatic carbocycles. The van der Waals surface area contributed by atoms with Crippen LogP contribution in [0.2, 0.25) is 0 Å². The summed E-state index contributed by atoms with van der Waals surface area (Å²) in [4.78, 5) is 0. The summed E-state index contributed by atoms with van der Waals surface area (Å²) in [6.45, 7) is 4.46. The van der Waals surface area contributed by atoms with E-state index in [-0.39, 0.29) is 29.4 Å². The fourth-order valence-electron chi connectivity index (χ4n) is 6.86. The predicted octanol–water partition coefficient (Wildman–Crippen LogP) is 11.0. The van der Waals surface area contributed by atoms with Gasteiger partial charge in [0.05, 0.1) is 6.61 Å². The van der Waals surface area contributed by atoms with Crippen LogP contribution in [0.25, 0.3) is 22.3 Å². The minimum absolute atomic E-state index is 0.0487. The quantitative estimate of drug-likeness (QED) is 0.150. The normalized spacial score (nSPS) is 23.2. The number of hydrogen-bond acceptors (Lipinski definition) is 1. The topological polar surface area (TPSA) is 9.23 Å². The van der Waals surface area contributed by atoms with Crippen LogP contribution in [0.5, 0.6) is 5.75 Å². The summed E-state index contributed by atoms with van der Waals surface area (Å²) in [7, 11) is 0. The molecule has 0 bridgehead atoms. The third-order valence-electron chi connectivity index (χ3n) is 9.38. The van der Waals surface area contributed by atoms with Gasteiger partial charge in [-0.3, -0.25) is 0 Å². The fraction of sp³-hybridized carbons (Fsp3) is 0.444. The Morgan fingerprint density at radius 1 is 0.659 bits per heavy atom. The van der Waals surface area contributed by atoms with E-state index in [1.807, 2.05) is 19.1 Å². The first-order valence-electron chi connectivity index (χ1n) is 15.2. The monoisotopic (exact) mass is 564 g/mol. The number of hydrogen-bond donors (Lipinski definition) is 0. The molecule has 2 aliphatic rings. The minimum atomic E-state index is -1.04.